The van der Waals surface area contributed by atoms with Crippen LogP contribution >= 0.6 is 0 Å². The minimum Gasteiger partial charge on any atom is -0.103 e. The highest BCUT2D eigenvalue weighted by atomic mass is 14.5. The molecular formula is C28H34. The third kappa shape index (κ3) is 3.15. The molecule has 28 heavy (non-hydrogen) atoms. The molecule has 0 spiro atoms. The first-order chi connectivity index (χ1) is 13.9. The average Bonchev–Trinajstić information content (AvgIpc) is 3.30. The number of hydrogen-bond acceptors (Lipinski definition) is 0. The third-order valence-corrected chi connectivity index (χ3v) is 8.38. The van der Waals surface area contributed by atoms with E-state index < -0.39 is 0 Å². The molecule has 0 aromatic rings. The van der Waals surface area contributed by atoms with Gasteiger partial charge in [0.25, 0.3) is 0 Å². The molecule has 8 atom stereocenters. The lowest BCUT2D eigenvalue weighted by atomic mass is 9.69. The van der Waals surface area contributed by atoms with Gasteiger partial charge in [0.15, 0.2) is 0 Å². The molecule has 2 fully saturated rings. The molecule has 2 saturated carbocycles. The topological polar surface area (TPSA) is 0 Å². The van der Waals surface area contributed by atoms with Gasteiger partial charge in [-0.3, -0.25) is 0 Å². The van der Waals surface area contributed by atoms with Gasteiger partial charge in [-0.05, 0) is 85.4 Å². The monoisotopic (exact) mass is 370 g/mol. The Morgan fingerprint density at radius 1 is 0.714 bits per heavy atom. The van der Waals surface area contributed by atoms with Crippen LogP contribution in [0.3, 0.4) is 0 Å². The highest BCUT2D eigenvalue weighted by molar-refractivity contribution is 5.29. The molecule has 0 aliphatic heterocycles. The summed E-state index contributed by atoms with van der Waals surface area (Å²) in [7, 11) is 0. The molecule has 5 aliphatic rings. The lowest BCUT2D eigenvalue weighted by molar-refractivity contribution is 0.182. The molecule has 0 aromatic heterocycles. The van der Waals surface area contributed by atoms with E-state index in [9.17, 15) is 0 Å². The summed E-state index contributed by atoms with van der Waals surface area (Å²) in [6.45, 7) is 4.05. The third-order valence-electron chi connectivity index (χ3n) is 8.38. The highest BCUT2D eigenvalue weighted by Crippen LogP contribution is 2.56. The summed E-state index contributed by atoms with van der Waals surface area (Å²) in [6, 6.07) is 0. The van der Waals surface area contributed by atoms with Gasteiger partial charge in [-0.2, -0.15) is 0 Å². The normalized spacial score (nSPS) is 43.0. The molecule has 0 heteroatoms. The van der Waals surface area contributed by atoms with Crippen LogP contribution in [0.1, 0.15) is 32.1 Å². The van der Waals surface area contributed by atoms with E-state index in [1.165, 1.54) is 25.7 Å². The first-order valence-corrected chi connectivity index (χ1v) is 11.5. The van der Waals surface area contributed by atoms with Gasteiger partial charge in [0.05, 0.1) is 0 Å². The van der Waals surface area contributed by atoms with Crippen LogP contribution in [-0.2, 0) is 0 Å². The van der Waals surface area contributed by atoms with Crippen molar-refractivity contribution in [3.8, 4) is 0 Å². The van der Waals surface area contributed by atoms with E-state index in [1.54, 1.807) is 0 Å². The van der Waals surface area contributed by atoms with Crippen LogP contribution in [0.5, 0.6) is 0 Å². The average molecular weight is 371 g/mol. The van der Waals surface area contributed by atoms with Crippen molar-refractivity contribution in [2.24, 2.45) is 53.3 Å². The van der Waals surface area contributed by atoms with Crippen molar-refractivity contribution in [3.63, 3.8) is 0 Å². The fourth-order valence-corrected chi connectivity index (χ4v) is 7.24. The first-order valence-electron chi connectivity index (χ1n) is 11.5. The van der Waals surface area contributed by atoms with E-state index in [2.05, 4.69) is 85.6 Å². The molecule has 0 aromatic carbocycles. The van der Waals surface area contributed by atoms with Crippen molar-refractivity contribution >= 4 is 0 Å². The zero-order valence-electron chi connectivity index (χ0n) is 16.9. The van der Waals surface area contributed by atoms with Gasteiger partial charge in [-0.15, -0.1) is 6.58 Å². The van der Waals surface area contributed by atoms with Crippen LogP contribution in [-0.4, -0.2) is 0 Å². The molecule has 0 nitrogen and oxygen atoms in total. The van der Waals surface area contributed by atoms with Crippen LogP contribution in [0.25, 0.3) is 0 Å². The van der Waals surface area contributed by atoms with Crippen molar-refractivity contribution in [2.75, 3.05) is 0 Å². The van der Waals surface area contributed by atoms with Gasteiger partial charge in [-0.25, -0.2) is 0 Å². The summed E-state index contributed by atoms with van der Waals surface area (Å²) in [5.41, 5.74) is 0. The van der Waals surface area contributed by atoms with E-state index in [-0.39, 0.29) is 0 Å². The van der Waals surface area contributed by atoms with Gasteiger partial charge >= 0.3 is 0 Å². The predicted octanol–water partition coefficient (Wildman–Crippen LogP) is 7.07. The van der Waals surface area contributed by atoms with Crippen LogP contribution in [0, 0.1) is 53.3 Å². The molecule has 8 unspecified atom stereocenters. The molecule has 0 radical (unpaired) electrons. The molecule has 0 N–H and O–H groups in total. The molecular weight excluding hydrogens is 336 g/mol. The Morgan fingerprint density at radius 2 is 1.29 bits per heavy atom. The second-order valence-corrected chi connectivity index (χ2v) is 9.64. The number of fused-ring (bicyclic) bond motifs is 4. The van der Waals surface area contributed by atoms with Gasteiger partial charge in [0.1, 0.15) is 0 Å². The van der Waals surface area contributed by atoms with E-state index in [4.69, 9.17) is 0 Å². The Hall–Kier alpha value is -1.82. The predicted molar refractivity (Wildman–Crippen MR) is 120 cm³/mol. The largest absolute Gasteiger partial charge is 0.103 e. The van der Waals surface area contributed by atoms with Crippen molar-refractivity contribution in [1.29, 1.82) is 0 Å². The molecule has 5 aliphatic carbocycles. The van der Waals surface area contributed by atoms with E-state index in [1.807, 2.05) is 0 Å². The summed E-state index contributed by atoms with van der Waals surface area (Å²) in [5.74, 6) is 6.84. The SMILES string of the molecule is C=CCCC(CC1CCC2C=CC=CC21)C1C2C=CC=CC2C2C=CC=CC21. The van der Waals surface area contributed by atoms with Crippen molar-refractivity contribution in [3.05, 3.63) is 85.6 Å². The maximum absolute atomic E-state index is 4.05. The van der Waals surface area contributed by atoms with Crippen molar-refractivity contribution in [2.45, 2.75) is 32.1 Å². The number of allylic oxidation sites excluding steroid dienone is 13. The Kier molecular flexibility index (Phi) is 5.14. The fourth-order valence-electron chi connectivity index (χ4n) is 7.24. The molecule has 0 saturated heterocycles. The van der Waals surface area contributed by atoms with Crippen LogP contribution in [0.15, 0.2) is 85.6 Å². The summed E-state index contributed by atoms with van der Waals surface area (Å²) in [4.78, 5) is 0. The van der Waals surface area contributed by atoms with Gasteiger partial charge < -0.3 is 0 Å². The summed E-state index contributed by atoms with van der Waals surface area (Å²) in [5, 5.41) is 0. The molecule has 0 bridgehead atoms. The zero-order valence-corrected chi connectivity index (χ0v) is 16.9. The first kappa shape index (κ1) is 18.2. The van der Waals surface area contributed by atoms with Crippen molar-refractivity contribution in [1.82, 2.24) is 0 Å². The maximum Gasteiger partial charge on any atom is -0.00955 e. The quantitative estimate of drug-likeness (QED) is 0.438. The highest BCUT2D eigenvalue weighted by Gasteiger charge is 2.50. The Morgan fingerprint density at radius 3 is 1.93 bits per heavy atom. The summed E-state index contributed by atoms with van der Waals surface area (Å²) < 4.78 is 0. The number of hydrogen-bond donors (Lipinski definition) is 0. The molecule has 0 amide bonds. The Bertz CT molecular complexity index is 723. The lowest BCUT2D eigenvalue weighted by Crippen LogP contribution is -2.28. The van der Waals surface area contributed by atoms with Crippen molar-refractivity contribution < 1.29 is 0 Å². The standard InChI is InChI=1S/C28H34/c1-2-3-10-22(19-21-18-17-20-11-4-5-12-23(20)21)28-26-15-8-6-13-24(26)25-14-7-9-16-27(25)28/h2,4-9,11-16,20-28H,1,3,10,17-19H2. The zero-order chi connectivity index (χ0) is 18.9. The lowest BCUT2D eigenvalue weighted by Gasteiger charge is -2.35. The fraction of sp³-hybridized carbons (Fsp3) is 0.500. The van der Waals surface area contributed by atoms with Crippen LogP contribution in [0.2, 0.25) is 0 Å². The second-order valence-electron chi connectivity index (χ2n) is 9.64. The van der Waals surface area contributed by atoms with Gasteiger partial charge in [0.2, 0.25) is 0 Å². The summed E-state index contributed by atoms with van der Waals surface area (Å²) in [6.07, 6.45) is 37.6. The Balaban J connectivity index is 1.41. The van der Waals surface area contributed by atoms with E-state index in [0.717, 1.165) is 36.0 Å². The van der Waals surface area contributed by atoms with Crippen LogP contribution in [0.4, 0.5) is 0 Å². The summed E-state index contributed by atoms with van der Waals surface area (Å²) >= 11 is 0. The second kappa shape index (κ2) is 7.90. The van der Waals surface area contributed by atoms with E-state index >= 15 is 0 Å². The van der Waals surface area contributed by atoms with Gasteiger partial charge in [0, 0.05) is 0 Å². The molecule has 146 valence electrons. The molecule has 5 rings (SSSR count). The number of rotatable bonds is 6. The Labute approximate surface area is 171 Å². The van der Waals surface area contributed by atoms with Gasteiger partial charge in [-0.1, -0.05) is 79.0 Å². The maximum atomic E-state index is 4.05. The minimum absolute atomic E-state index is 0.696. The van der Waals surface area contributed by atoms with Crippen LogP contribution < -0.4 is 0 Å². The minimum atomic E-state index is 0.696. The molecule has 0 heterocycles. The van der Waals surface area contributed by atoms with E-state index in [0.29, 0.717) is 23.7 Å². The smallest absolute Gasteiger partial charge is 0.00955 e.